The van der Waals surface area contributed by atoms with Crippen molar-refractivity contribution in [2.24, 2.45) is 0 Å². The van der Waals surface area contributed by atoms with Crippen LogP contribution in [-0.4, -0.2) is 35.9 Å². The van der Waals surface area contributed by atoms with Gasteiger partial charge >= 0.3 is 0 Å². The van der Waals surface area contributed by atoms with E-state index >= 15 is 0 Å². The lowest BCUT2D eigenvalue weighted by molar-refractivity contribution is 0.441. The lowest BCUT2D eigenvalue weighted by Crippen LogP contribution is -2.32. The predicted molar refractivity (Wildman–Crippen MR) is 93.3 cm³/mol. The first kappa shape index (κ1) is 17.1. The second-order valence-corrected chi connectivity index (χ2v) is 8.71. The smallest absolute Gasteiger partial charge is 0.164 e. The molecule has 1 atom stereocenters. The van der Waals surface area contributed by atoms with E-state index in [1.165, 1.54) is 36.6 Å². The Bertz CT molecular complexity index is 785. The maximum Gasteiger partial charge on any atom is 0.164 e. The van der Waals surface area contributed by atoms with Crippen LogP contribution in [0.25, 0.3) is 0 Å². The largest absolute Gasteiger partial charge is 0.307 e. The minimum atomic E-state index is -3.10. The van der Waals surface area contributed by atoms with Crippen molar-refractivity contribution >= 4 is 9.84 Å². The van der Waals surface area contributed by atoms with Gasteiger partial charge in [-0.25, -0.2) is 13.4 Å². The molecule has 130 valence electrons. The Labute approximate surface area is 143 Å². The number of H-pyrrole nitrogens is 1. The molecule has 6 nitrogen and oxygen atoms in total. The standard InChI is InChI=1S/C17H24N4O2S/c1-24(22,23)12-17-19-16(20-21-17)11-18-15-9-5-4-7-13-6-2-3-8-14(13)10-15/h2-3,6,8,15,18H,4-5,7,9-12H2,1H3,(H,19,20,21). The summed E-state index contributed by atoms with van der Waals surface area (Å²) in [5, 5.41) is 10.3. The lowest BCUT2D eigenvalue weighted by Gasteiger charge is -2.22. The van der Waals surface area contributed by atoms with Crippen molar-refractivity contribution in [3.63, 3.8) is 0 Å². The third-order valence-electron chi connectivity index (χ3n) is 4.36. The molecule has 1 aliphatic carbocycles. The zero-order valence-electron chi connectivity index (χ0n) is 14.0. The molecule has 7 heteroatoms. The number of hydrogen-bond donors (Lipinski definition) is 2. The number of aromatic amines is 1. The normalized spacial score (nSPS) is 18.6. The molecule has 0 amide bonds. The van der Waals surface area contributed by atoms with Gasteiger partial charge in [0.05, 0.1) is 6.54 Å². The van der Waals surface area contributed by atoms with Gasteiger partial charge in [0.15, 0.2) is 15.7 Å². The van der Waals surface area contributed by atoms with E-state index in [0.717, 1.165) is 12.8 Å². The van der Waals surface area contributed by atoms with Crippen LogP contribution in [0.3, 0.4) is 0 Å². The van der Waals surface area contributed by atoms with Crippen molar-refractivity contribution in [3.05, 3.63) is 47.0 Å². The fourth-order valence-corrected chi connectivity index (χ4v) is 3.84. The maximum absolute atomic E-state index is 11.3. The maximum atomic E-state index is 11.3. The van der Waals surface area contributed by atoms with Crippen molar-refractivity contribution in [2.45, 2.75) is 50.4 Å². The van der Waals surface area contributed by atoms with E-state index in [2.05, 4.69) is 44.8 Å². The SMILES string of the molecule is CS(=O)(=O)Cc1nc(CNC2CCCCc3ccccc3C2)n[nH]1. The van der Waals surface area contributed by atoms with Gasteiger partial charge in [-0.15, -0.1) is 0 Å². The van der Waals surface area contributed by atoms with Gasteiger partial charge in [-0.05, 0) is 36.8 Å². The molecule has 1 unspecified atom stereocenters. The van der Waals surface area contributed by atoms with Gasteiger partial charge in [-0.1, -0.05) is 30.7 Å². The van der Waals surface area contributed by atoms with E-state index < -0.39 is 9.84 Å². The molecule has 1 heterocycles. The number of rotatable bonds is 5. The number of aromatic nitrogens is 3. The highest BCUT2D eigenvalue weighted by Gasteiger charge is 2.16. The van der Waals surface area contributed by atoms with Gasteiger partial charge < -0.3 is 5.32 Å². The van der Waals surface area contributed by atoms with Crippen LogP contribution in [-0.2, 0) is 35.0 Å². The number of hydrogen-bond acceptors (Lipinski definition) is 5. The van der Waals surface area contributed by atoms with E-state index in [0.29, 0.717) is 24.2 Å². The van der Waals surface area contributed by atoms with Gasteiger partial charge in [-0.3, -0.25) is 5.10 Å². The zero-order valence-corrected chi connectivity index (χ0v) is 14.8. The molecule has 1 aliphatic rings. The molecule has 0 fully saturated rings. The second-order valence-electron chi connectivity index (χ2n) is 6.56. The van der Waals surface area contributed by atoms with Gasteiger partial charge in [0.1, 0.15) is 11.6 Å². The van der Waals surface area contributed by atoms with Gasteiger partial charge in [0.2, 0.25) is 0 Å². The third kappa shape index (κ3) is 4.88. The monoisotopic (exact) mass is 348 g/mol. The molecular weight excluding hydrogens is 324 g/mol. The Hall–Kier alpha value is -1.73. The first-order valence-electron chi connectivity index (χ1n) is 8.37. The fourth-order valence-electron chi connectivity index (χ4n) is 3.21. The van der Waals surface area contributed by atoms with Crippen LogP contribution in [0.2, 0.25) is 0 Å². The topological polar surface area (TPSA) is 87.7 Å². The minimum Gasteiger partial charge on any atom is -0.307 e. The highest BCUT2D eigenvalue weighted by atomic mass is 32.2. The summed E-state index contributed by atoms with van der Waals surface area (Å²) in [6.45, 7) is 0.549. The predicted octanol–water partition coefficient (Wildman–Crippen LogP) is 1.78. The summed E-state index contributed by atoms with van der Waals surface area (Å²) in [5.41, 5.74) is 2.87. The Morgan fingerprint density at radius 3 is 2.83 bits per heavy atom. The van der Waals surface area contributed by atoms with Crippen molar-refractivity contribution in [1.82, 2.24) is 20.5 Å². The molecule has 0 aliphatic heterocycles. The first-order valence-corrected chi connectivity index (χ1v) is 10.4. The zero-order chi connectivity index (χ0) is 17.0. The molecule has 0 bridgehead atoms. The molecule has 0 spiro atoms. The molecule has 0 saturated carbocycles. The summed E-state index contributed by atoms with van der Waals surface area (Å²) in [6.07, 6.45) is 6.93. The van der Waals surface area contributed by atoms with E-state index in [1.807, 2.05) is 0 Å². The van der Waals surface area contributed by atoms with Crippen LogP contribution in [0.15, 0.2) is 24.3 Å². The summed E-state index contributed by atoms with van der Waals surface area (Å²) < 4.78 is 22.6. The summed E-state index contributed by atoms with van der Waals surface area (Å²) in [5.74, 6) is 0.915. The van der Waals surface area contributed by atoms with Gasteiger partial charge in [0, 0.05) is 12.3 Å². The van der Waals surface area contributed by atoms with E-state index in [1.54, 1.807) is 0 Å². The summed E-state index contributed by atoms with van der Waals surface area (Å²) in [6, 6.07) is 9.05. The number of aryl methyl sites for hydroxylation is 1. The number of nitrogens with zero attached hydrogens (tertiary/aromatic N) is 2. The van der Waals surface area contributed by atoms with Crippen molar-refractivity contribution in [3.8, 4) is 0 Å². The molecule has 1 aromatic heterocycles. The van der Waals surface area contributed by atoms with Crippen LogP contribution in [0.4, 0.5) is 0 Å². The van der Waals surface area contributed by atoms with E-state index in [4.69, 9.17) is 0 Å². The van der Waals surface area contributed by atoms with Crippen LogP contribution in [0.1, 0.15) is 42.0 Å². The number of fused-ring (bicyclic) bond motifs is 1. The molecule has 2 N–H and O–H groups in total. The highest BCUT2D eigenvalue weighted by molar-refractivity contribution is 7.89. The Morgan fingerprint density at radius 2 is 2.04 bits per heavy atom. The molecular formula is C17H24N4O2S. The highest BCUT2D eigenvalue weighted by Crippen LogP contribution is 2.20. The molecule has 0 radical (unpaired) electrons. The fraction of sp³-hybridized carbons (Fsp3) is 0.529. The summed E-state index contributed by atoms with van der Waals surface area (Å²) >= 11 is 0. The van der Waals surface area contributed by atoms with Crippen LogP contribution < -0.4 is 5.32 Å². The summed E-state index contributed by atoms with van der Waals surface area (Å²) in [7, 11) is -3.10. The van der Waals surface area contributed by atoms with Crippen molar-refractivity contribution in [1.29, 1.82) is 0 Å². The van der Waals surface area contributed by atoms with Crippen molar-refractivity contribution in [2.75, 3.05) is 6.26 Å². The van der Waals surface area contributed by atoms with E-state index in [9.17, 15) is 8.42 Å². The molecule has 3 rings (SSSR count). The van der Waals surface area contributed by atoms with Crippen molar-refractivity contribution < 1.29 is 8.42 Å². The quantitative estimate of drug-likeness (QED) is 0.860. The molecule has 2 aromatic rings. The molecule has 0 saturated heterocycles. The van der Waals surface area contributed by atoms with Crippen LogP contribution in [0, 0.1) is 0 Å². The minimum absolute atomic E-state index is 0.100. The number of nitrogens with one attached hydrogen (secondary N) is 2. The van der Waals surface area contributed by atoms with E-state index in [-0.39, 0.29) is 5.75 Å². The Morgan fingerprint density at radius 1 is 1.25 bits per heavy atom. The molecule has 1 aromatic carbocycles. The van der Waals surface area contributed by atoms with Crippen LogP contribution in [0.5, 0.6) is 0 Å². The Balaban J connectivity index is 1.60. The lowest BCUT2D eigenvalue weighted by atomic mass is 9.90. The van der Waals surface area contributed by atoms with Gasteiger partial charge in [-0.2, -0.15) is 5.10 Å². The number of benzene rings is 1. The van der Waals surface area contributed by atoms with Crippen LogP contribution >= 0.6 is 0 Å². The average molecular weight is 348 g/mol. The third-order valence-corrected chi connectivity index (χ3v) is 5.16. The summed E-state index contributed by atoms with van der Waals surface area (Å²) in [4.78, 5) is 4.26. The second kappa shape index (κ2) is 7.44. The molecule has 24 heavy (non-hydrogen) atoms. The number of sulfone groups is 1. The average Bonchev–Trinajstić information content (AvgIpc) is 2.92. The Kier molecular flexibility index (Phi) is 5.30. The first-order chi connectivity index (χ1) is 11.5. The van der Waals surface area contributed by atoms with Gasteiger partial charge in [0.25, 0.3) is 0 Å².